The standard InChI is InChI=1S/C29H35N3O4/c1-18-6-4-5-7-23(18)16-19(2)32-25-13-12-20-14-15-31(29(35)36-3)17-24(20)26(25)30-27(32)21-8-10-22(11-9-21)28(33)34/h4-7,12-13,19,21-22H,8-11,14-17H2,1-3H3,(H,33,34)/t19-,21?,22?/m0/s1. The minimum atomic E-state index is -0.688. The first-order valence-electron chi connectivity index (χ1n) is 13.0. The second-order valence-electron chi connectivity index (χ2n) is 10.4. The van der Waals surface area contributed by atoms with Crippen LogP contribution in [0.1, 0.15) is 72.6 Å². The van der Waals surface area contributed by atoms with Crippen molar-refractivity contribution in [3.05, 3.63) is 64.5 Å². The number of aromatic nitrogens is 2. The van der Waals surface area contributed by atoms with Crippen LogP contribution in [0.2, 0.25) is 0 Å². The molecule has 1 atom stereocenters. The number of aliphatic carboxylic acids is 1. The number of amides is 1. The first kappa shape index (κ1) is 24.3. The molecule has 1 aromatic heterocycles. The molecule has 190 valence electrons. The van der Waals surface area contributed by atoms with Gasteiger partial charge in [-0.3, -0.25) is 4.79 Å². The number of hydrogen-bond donors (Lipinski definition) is 1. The fourth-order valence-corrected chi connectivity index (χ4v) is 6.10. The summed E-state index contributed by atoms with van der Waals surface area (Å²) in [4.78, 5) is 30.9. The van der Waals surface area contributed by atoms with Crippen molar-refractivity contribution in [3.8, 4) is 0 Å². The quantitative estimate of drug-likeness (QED) is 0.502. The lowest BCUT2D eigenvalue weighted by Gasteiger charge is -2.28. The minimum Gasteiger partial charge on any atom is -0.481 e. The van der Waals surface area contributed by atoms with Gasteiger partial charge >= 0.3 is 12.1 Å². The molecule has 0 bridgehead atoms. The predicted molar refractivity (Wildman–Crippen MR) is 138 cm³/mol. The van der Waals surface area contributed by atoms with Crippen LogP contribution >= 0.6 is 0 Å². The van der Waals surface area contributed by atoms with Crippen molar-refractivity contribution < 1.29 is 19.4 Å². The Labute approximate surface area is 212 Å². The van der Waals surface area contributed by atoms with E-state index < -0.39 is 5.97 Å². The van der Waals surface area contributed by atoms with E-state index in [1.807, 2.05) is 0 Å². The molecule has 2 heterocycles. The summed E-state index contributed by atoms with van der Waals surface area (Å²) in [6.45, 7) is 5.54. The third-order valence-corrected chi connectivity index (χ3v) is 8.18. The highest BCUT2D eigenvalue weighted by Crippen LogP contribution is 2.40. The lowest BCUT2D eigenvalue weighted by molar-refractivity contribution is -0.142. The molecule has 2 aromatic carbocycles. The topological polar surface area (TPSA) is 84.7 Å². The maximum Gasteiger partial charge on any atom is 0.409 e. The van der Waals surface area contributed by atoms with Crippen molar-refractivity contribution in [3.63, 3.8) is 0 Å². The third kappa shape index (κ3) is 4.47. The van der Waals surface area contributed by atoms with Crippen LogP contribution in [0.4, 0.5) is 4.79 Å². The Morgan fingerprint density at radius 3 is 2.58 bits per heavy atom. The van der Waals surface area contributed by atoms with E-state index in [1.54, 1.807) is 4.90 Å². The van der Waals surface area contributed by atoms with Gasteiger partial charge in [0.25, 0.3) is 0 Å². The number of carbonyl (C=O) groups is 2. The van der Waals surface area contributed by atoms with Gasteiger partial charge in [0.05, 0.1) is 30.6 Å². The van der Waals surface area contributed by atoms with Crippen molar-refractivity contribution >= 4 is 23.1 Å². The molecule has 1 N–H and O–H groups in total. The van der Waals surface area contributed by atoms with Gasteiger partial charge in [-0.2, -0.15) is 0 Å². The van der Waals surface area contributed by atoms with E-state index in [-0.39, 0.29) is 24.0 Å². The fourth-order valence-electron chi connectivity index (χ4n) is 6.10. The monoisotopic (exact) mass is 489 g/mol. The van der Waals surface area contributed by atoms with Gasteiger partial charge in [0.2, 0.25) is 0 Å². The second kappa shape index (κ2) is 9.96. The van der Waals surface area contributed by atoms with Crippen LogP contribution in [0.3, 0.4) is 0 Å². The molecule has 0 saturated heterocycles. The average molecular weight is 490 g/mol. The zero-order valence-electron chi connectivity index (χ0n) is 21.4. The average Bonchev–Trinajstić information content (AvgIpc) is 3.29. The third-order valence-electron chi connectivity index (χ3n) is 8.18. The molecule has 7 heteroatoms. The maximum absolute atomic E-state index is 12.3. The van der Waals surface area contributed by atoms with Crippen molar-refractivity contribution in [2.45, 2.75) is 70.9 Å². The van der Waals surface area contributed by atoms with Crippen molar-refractivity contribution in [1.82, 2.24) is 14.5 Å². The largest absolute Gasteiger partial charge is 0.481 e. The molecule has 7 nitrogen and oxygen atoms in total. The highest BCUT2D eigenvalue weighted by atomic mass is 16.5. The van der Waals surface area contributed by atoms with E-state index in [4.69, 9.17) is 9.72 Å². The summed E-state index contributed by atoms with van der Waals surface area (Å²) in [5, 5.41) is 9.50. The summed E-state index contributed by atoms with van der Waals surface area (Å²) < 4.78 is 7.39. The van der Waals surface area contributed by atoms with Crippen LogP contribution in [0.25, 0.3) is 11.0 Å². The summed E-state index contributed by atoms with van der Waals surface area (Å²) in [6.07, 6.45) is 4.39. The van der Waals surface area contributed by atoms with E-state index in [9.17, 15) is 14.7 Å². The Balaban J connectivity index is 1.57. The molecule has 1 fully saturated rings. The number of carbonyl (C=O) groups excluding carboxylic acids is 1. The second-order valence-corrected chi connectivity index (χ2v) is 10.4. The van der Waals surface area contributed by atoms with Gasteiger partial charge in [-0.05, 0) is 75.1 Å². The molecule has 5 rings (SSSR count). The zero-order chi connectivity index (χ0) is 25.4. The zero-order valence-corrected chi connectivity index (χ0v) is 21.4. The number of fused-ring (bicyclic) bond motifs is 3. The number of benzene rings is 2. The first-order valence-corrected chi connectivity index (χ1v) is 13.0. The molecule has 1 aliphatic heterocycles. The lowest BCUT2D eigenvalue weighted by atomic mass is 9.81. The number of methoxy groups -OCH3 is 1. The van der Waals surface area contributed by atoms with Gasteiger partial charge in [0, 0.05) is 24.1 Å². The number of ether oxygens (including phenoxy) is 1. The number of rotatable bonds is 5. The molecular formula is C29H35N3O4. The normalized spacial score (nSPS) is 20.7. The Morgan fingerprint density at radius 2 is 1.89 bits per heavy atom. The van der Waals surface area contributed by atoms with Gasteiger partial charge < -0.3 is 19.3 Å². The summed E-state index contributed by atoms with van der Waals surface area (Å²) in [7, 11) is 1.42. The summed E-state index contributed by atoms with van der Waals surface area (Å²) in [5.41, 5.74) is 7.00. The molecule has 3 aromatic rings. The fraction of sp³-hybridized carbons (Fsp3) is 0.483. The number of imidazole rings is 1. The molecule has 0 spiro atoms. The number of carboxylic acids is 1. The number of hydrogen-bond acceptors (Lipinski definition) is 4. The Morgan fingerprint density at radius 1 is 1.14 bits per heavy atom. The van der Waals surface area contributed by atoms with E-state index in [1.165, 1.54) is 23.8 Å². The molecule has 0 unspecified atom stereocenters. The van der Waals surface area contributed by atoms with Crippen LogP contribution in [0, 0.1) is 12.8 Å². The van der Waals surface area contributed by atoms with Crippen LogP contribution < -0.4 is 0 Å². The SMILES string of the molecule is COC(=O)N1CCc2ccc3c(nc(C4CCC(C(=O)O)CC4)n3[C@@H](C)Cc3ccccc3C)c2C1. The first-order chi connectivity index (χ1) is 17.4. The van der Waals surface area contributed by atoms with Crippen LogP contribution in [-0.4, -0.2) is 45.3 Å². The van der Waals surface area contributed by atoms with E-state index in [2.05, 4.69) is 54.8 Å². The van der Waals surface area contributed by atoms with E-state index >= 15 is 0 Å². The molecule has 2 aliphatic rings. The number of carboxylic acid groups (broad SMARTS) is 1. The predicted octanol–water partition coefficient (Wildman–Crippen LogP) is 5.63. The van der Waals surface area contributed by atoms with Gasteiger partial charge in [-0.1, -0.05) is 30.3 Å². The Kier molecular flexibility index (Phi) is 6.73. The van der Waals surface area contributed by atoms with Crippen molar-refractivity contribution in [2.75, 3.05) is 13.7 Å². The van der Waals surface area contributed by atoms with Crippen LogP contribution in [-0.2, 0) is 28.9 Å². The maximum atomic E-state index is 12.3. The molecule has 0 radical (unpaired) electrons. The molecule has 1 amide bonds. The molecule has 1 aliphatic carbocycles. The summed E-state index contributed by atoms with van der Waals surface area (Å²) in [6, 6.07) is 13.1. The van der Waals surface area contributed by atoms with Crippen molar-refractivity contribution in [2.24, 2.45) is 5.92 Å². The van der Waals surface area contributed by atoms with Gasteiger partial charge in [0.15, 0.2) is 0 Å². The van der Waals surface area contributed by atoms with Crippen LogP contribution in [0.15, 0.2) is 36.4 Å². The molecular weight excluding hydrogens is 454 g/mol. The Bertz CT molecular complexity index is 1290. The van der Waals surface area contributed by atoms with E-state index in [0.717, 1.165) is 48.1 Å². The van der Waals surface area contributed by atoms with Gasteiger partial charge in [-0.25, -0.2) is 9.78 Å². The Hall–Kier alpha value is -3.35. The summed E-state index contributed by atoms with van der Waals surface area (Å²) >= 11 is 0. The molecule has 36 heavy (non-hydrogen) atoms. The highest BCUT2D eigenvalue weighted by Gasteiger charge is 2.32. The number of aryl methyl sites for hydroxylation is 1. The summed E-state index contributed by atoms with van der Waals surface area (Å²) in [5.74, 6) is 0.332. The van der Waals surface area contributed by atoms with Crippen LogP contribution in [0.5, 0.6) is 0 Å². The highest BCUT2D eigenvalue weighted by molar-refractivity contribution is 5.82. The lowest BCUT2D eigenvalue weighted by Crippen LogP contribution is -2.35. The van der Waals surface area contributed by atoms with Crippen molar-refractivity contribution in [1.29, 1.82) is 0 Å². The smallest absolute Gasteiger partial charge is 0.409 e. The van der Waals surface area contributed by atoms with Gasteiger partial charge in [0.1, 0.15) is 5.82 Å². The number of nitrogens with zero attached hydrogens (tertiary/aromatic N) is 3. The molecule has 1 saturated carbocycles. The van der Waals surface area contributed by atoms with Gasteiger partial charge in [-0.15, -0.1) is 0 Å². The van der Waals surface area contributed by atoms with E-state index in [0.29, 0.717) is 25.9 Å². The minimum absolute atomic E-state index is 0.182.